The second-order valence-electron chi connectivity index (χ2n) is 4.84. The van der Waals surface area contributed by atoms with Crippen LogP contribution in [0.15, 0.2) is 0 Å². The van der Waals surface area contributed by atoms with Gasteiger partial charge in [-0.25, -0.2) is 0 Å². The van der Waals surface area contributed by atoms with Crippen LogP contribution in [0.2, 0.25) is 0 Å². The van der Waals surface area contributed by atoms with Crippen molar-refractivity contribution in [3.05, 3.63) is 0 Å². The minimum atomic E-state index is 0.0340. The first kappa shape index (κ1) is 12.5. The highest BCUT2D eigenvalue weighted by Crippen LogP contribution is 2.24. The topological polar surface area (TPSA) is 55.1 Å². The first-order valence-corrected chi connectivity index (χ1v) is 6.18. The van der Waals surface area contributed by atoms with E-state index in [-0.39, 0.29) is 11.9 Å². The molecule has 0 aromatic heterocycles. The van der Waals surface area contributed by atoms with E-state index in [0.29, 0.717) is 18.4 Å². The minimum absolute atomic E-state index is 0.0340. The largest absolute Gasteiger partial charge is 0.353 e. The Balaban J connectivity index is 2.23. The molecular formula is C12H24N2O. The molecule has 0 spiro atoms. The van der Waals surface area contributed by atoms with Crippen LogP contribution in [0.5, 0.6) is 0 Å². The van der Waals surface area contributed by atoms with E-state index in [1.54, 1.807) is 0 Å². The van der Waals surface area contributed by atoms with E-state index < -0.39 is 0 Å². The van der Waals surface area contributed by atoms with Crippen LogP contribution >= 0.6 is 0 Å². The van der Waals surface area contributed by atoms with Crippen molar-refractivity contribution in [2.75, 3.05) is 0 Å². The van der Waals surface area contributed by atoms with E-state index in [1.165, 1.54) is 12.8 Å². The third-order valence-electron chi connectivity index (χ3n) is 3.31. The Morgan fingerprint density at radius 2 is 2.27 bits per heavy atom. The molecule has 88 valence electrons. The van der Waals surface area contributed by atoms with Crippen molar-refractivity contribution in [1.82, 2.24) is 5.32 Å². The molecule has 0 heterocycles. The summed E-state index contributed by atoms with van der Waals surface area (Å²) in [7, 11) is 0. The van der Waals surface area contributed by atoms with Gasteiger partial charge in [0.25, 0.3) is 0 Å². The van der Waals surface area contributed by atoms with Gasteiger partial charge >= 0.3 is 0 Å². The number of nitrogens with one attached hydrogen (secondary N) is 1. The molecule has 1 aliphatic carbocycles. The number of nitrogens with two attached hydrogens (primary N) is 1. The van der Waals surface area contributed by atoms with Crippen LogP contribution in [0.3, 0.4) is 0 Å². The van der Waals surface area contributed by atoms with Crippen molar-refractivity contribution >= 4 is 5.91 Å². The normalized spacial score (nSPS) is 27.7. The van der Waals surface area contributed by atoms with Gasteiger partial charge in [-0.2, -0.15) is 0 Å². The average Bonchev–Trinajstić information content (AvgIpc) is 2.52. The molecule has 1 fully saturated rings. The molecule has 1 saturated carbocycles. The summed E-state index contributed by atoms with van der Waals surface area (Å²) in [4.78, 5) is 11.6. The molecule has 3 heteroatoms. The van der Waals surface area contributed by atoms with Gasteiger partial charge in [0.2, 0.25) is 5.91 Å². The predicted molar refractivity (Wildman–Crippen MR) is 62.4 cm³/mol. The van der Waals surface area contributed by atoms with E-state index in [1.807, 2.05) is 0 Å². The van der Waals surface area contributed by atoms with E-state index in [2.05, 4.69) is 19.2 Å². The maximum absolute atomic E-state index is 11.6. The van der Waals surface area contributed by atoms with Gasteiger partial charge in [0.1, 0.15) is 0 Å². The maximum Gasteiger partial charge on any atom is 0.221 e. The molecule has 0 radical (unpaired) electrons. The molecule has 1 amide bonds. The SMILES string of the molecule is CCCC(N)CC(=O)NC1CCCC1C. The van der Waals surface area contributed by atoms with Gasteiger partial charge in [-0.15, -0.1) is 0 Å². The fourth-order valence-corrected chi connectivity index (χ4v) is 2.34. The molecule has 1 rings (SSSR count). The fourth-order valence-electron chi connectivity index (χ4n) is 2.34. The number of rotatable bonds is 5. The third-order valence-corrected chi connectivity index (χ3v) is 3.31. The van der Waals surface area contributed by atoms with Gasteiger partial charge in [0, 0.05) is 18.5 Å². The van der Waals surface area contributed by atoms with Gasteiger partial charge in [0.15, 0.2) is 0 Å². The molecule has 0 bridgehead atoms. The monoisotopic (exact) mass is 212 g/mol. The summed E-state index contributed by atoms with van der Waals surface area (Å²) in [6.07, 6.45) is 6.09. The van der Waals surface area contributed by atoms with Crippen molar-refractivity contribution in [3.63, 3.8) is 0 Å². The number of amides is 1. The Morgan fingerprint density at radius 3 is 2.80 bits per heavy atom. The zero-order chi connectivity index (χ0) is 11.3. The zero-order valence-corrected chi connectivity index (χ0v) is 9.96. The van der Waals surface area contributed by atoms with Crippen molar-refractivity contribution in [2.24, 2.45) is 11.7 Å². The van der Waals surface area contributed by atoms with Crippen molar-refractivity contribution in [1.29, 1.82) is 0 Å². The lowest BCUT2D eigenvalue weighted by Crippen LogP contribution is -2.39. The van der Waals surface area contributed by atoms with Gasteiger partial charge < -0.3 is 11.1 Å². The summed E-state index contributed by atoms with van der Waals surface area (Å²) in [6, 6.07) is 0.429. The van der Waals surface area contributed by atoms with Crippen LogP contribution in [0, 0.1) is 5.92 Å². The van der Waals surface area contributed by atoms with Gasteiger partial charge in [-0.1, -0.05) is 26.7 Å². The van der Waals surface area contributed by atoms with Crippen LogP contribution in [-0.2, 0) is 4.79 Å². The highest BCUT2D eigenvalue weighted by molar-refractivity contribution is 5.76. The molecule has 1 aliphatic rings. The molecule has 15 heavy (non-hydrogen) atoms. The fraction of sp³-hybridized carbons (Fsp3) is 0.917. The summed E-state index contributed by atoms with van der Waals surface area (Å²) in [5.41, 5.74) is 5.83. The summed E-state index contributed by atoms with van der Waals surface area (Å²) < 4.78 is 0. The summed E-state index contributed by atoms with van der Waals surface area (Å²) in [5, 5.41) is 3.10. The van der Waals surface area contributed by atoms with Crippen LogP contribution in [-0.4, -0.2) is 18.0 Å². The number of hydrogen-bond acceptors (Lipinski definition) is 2. The highest BCUT2D eigenvalue weighted by atomic mass is 16.1. The molecule has 0 aromatic rings. The molecule has 3 nitrogen and oxygen atoms in total. The molecule has 0 aromatic carbocycles. The number of carbonyl (C=O) groups is 1. The molecule has 3 atom stereocenters. The van der Waals surface area contributed by atoms with Crippen LogP contribution in [0.1, 0.15) is 52.4 Å². The Morgan fingerprint density at radius 1 is 1.53 bits per heavy atom. The summed E-state index contributed by atoms with van der Waals surface area (Å²) in [6.45, 7) is 4.31. The quantitative estimate of drug-likeness (QED) is 0.730. The predicted octanol–water partition coefficient (Wildman–Crippen LogP) is 1.81. The Bertz CT molecular complexity index is 206. The second-order valence-corrected chi connectivity index (χ2v) is 4.84. The Labute approximate surface area is 92.8 Å². The minimum Gasteiger partial charge on any atom is -0.353 e. The molecule has 0 saturated heterocycles. The lowest BCUT2D eigenvalue weighted by molar-refractivity contribution is -0.122. The van der Waals surface area contributed by atoms with E-state index in [4.69, 9.17) is 5.73 Å². The van der Waals surface area contributed by atoms with Crippen molar-refractivity contribution in [2.45, 2.75) is 64.5 Å². The first-order valence-electron chi connectivity index (χ1n) is 6.18. The lowest BCUT2D eigenvalue weighted by atomic mass is 10.1. The number of carbonyl (C=O) groups excluding carboxylic acids is 1. The zero-order valence-electron chi connectivity index (χ0n) is 9.96. The highest BCUT2D eigenvalue weighted by Gasteiger charge is 2.24. The van der Waals surface area contributed by atoms with Crippen molar-refractivity contribution in [3.8, 4) is 0 Å². The van der Waals surface area contributed by atoms with Gasteiger partial charge in [-0.3, -0.25) is 4.79 Å². The molecular weight excluding hydrogens is 188 g/mol. The lowest BCUT2D eigenvalue weighted by Gasteiger charge is -2.18. The molecule has 0 aliphatic heterocycles. The van der Waals surface area contributed by atoms with Crippen LogP contribution < -0.4 is 11.1 Å². The first-order chi connectivity index (χ1) is 7.13. The summed E-state index contributed by atoms with van der Waals surface area (Å²) >= 11 is 0. The van der Waals surface area contributed by atoms with E-state index >= 15 is 0 Å². The van der Waals surface area contributed by atoms with Gasteiger partial charge in [-0.05, 0) is 25.2 Å². The van der Waals surface area contributed by atoms with Gasteiger partial charge in [0.05, 0.1) is 0 Å². The number of hydrogen-bond donors (Lipinski definition) is 2. The Hall–Kier alpha value is -0.570. The maximum atomic E-state index is 11.6. The standard InChI is InChI=1S/C12H24N2O/c1-3-5-10(13)8-12(15)14-11-7-4-6-9(11)2/h9-11H,3-8,13H2,1-2H3,(H,14,15). The second kappa shape index (κ2) is 6.11. The molecule has 3 unspecified atom stereocenters. The van der Waals surface area contributed by atoms with Crippen LogP contribution in [0.25, 0.3) is 0 Å². The summed E-state index contributed by atoms with van der Waals surface area (Å²) in [5.74, 6) is 0.769. The smallest absolute Gasteiger partial charge is 0.221 e. The molecule has 3 N–H and O–H groups in total. The van der Waals surface area contributed by atoms with Crippen LogP contribution in [0.4, 0.5) is 0 Å². The third kappa shape index (κ3) is 4.20. The van der Waals surface area contributed by atoms with Crippen molar-refractivity contribution < 1.29 is 4.79 Å². The Kier molecular flexibility index (Phi) is 5.09. The van der Waals surface area contributed by atoms with E-state index in [0.717, 1.165) is 19.3 Å². The van der Waals surface area contributed by atoms with E-state index in [9.17, 15) is 4.79 Å². The average molecular weight is 212 g/mol.